The number of aryl methyl sites for hydroxylation is 3. The monoisotopic (exact) mass is 375 g/mol. The Morgan fingerprint density at radius 3 is 2.56 bits per heavy atom. The van der Waals surface area contributed by atoms with E-state index in [1.54, 1.807) is 29.5 Å². The van der Waals surface area contributed by atoms with Crippen molar-refractivity contribution in [2.45, 2.75) is 31.7 Å². The van der Waals surface area contributed by atoms with Crippen LogP contribution in [0.25, 0.3) is 0 Å². The lowest BCUT2D eigenvalue weighted by atomic mass is 10.2. The van der Waals surface area contributed by atoms with Gasteiger partial charge in [-0.25, -0.2) is 13.1 Å². The number of hydrogen-bond acceptors (Lipinski definition) is 4. The predicted molar refractivity (Wildman–Crippen MR) is 101 cm³/mol. The first-order chi connectivity index (χ1) is 11.9. The molecular formula is C18H21N3O2S2. The van der Waals surface area contributed by atoms with E-state index in [2.05, 4.69) is 9.82 Å². The molecular weight excluding hydrogens is 354 g/mol. The smallest absolute Gasteiger partial charge is 0.240 e. The van der Waals surface area contributed by atoms with Crippen molar-refractivity contribution in [3.05, 3.63) is 69.7 Å². The van der Waals surface area contributed by atoms with E-state index < -0.39 is 10.0 Å². The van der Waals surface area contributed by atoms with Crippen LogP contribution in [0.15, 0.2) is 52.7 Å². The number of sulfonamides is 1. The van der Waals surface area contributed by atoms with Crippen LogP contribution in [0.2, 0.25) is 0 Å². The van der Waals surface area contributed by atoms with Gasteiger partial charge in [0.1, 0.15) is 0 Å². The molecule has 1 unspecified atom stereocenters. The summed E-state index contributed by atoms with van der Waals surface area (Å²) in [5, 5.41) is 6.53. The number of nitrogens with zero attached hydrogens (tertiary/aromatic N) is 2. The van der Waals surface area contributed by atoms with Gasteiger partial charge in [0.2, 0.25) is 10.0 Å². The van der Waals surface area contributed by atoms with Crippen LogP contribution in [0.1, 0.15) is 27.9 Å². The van der Waals surface area contributed by atoms with Gasteiger partial charge in [-0.2, -0.15) is 5.10 Å². The molecule has 132 valence electrons. The number of rotatable bonds is 6. The zero-order valence-corrected chi connectivity index (χ0v) is 16.1. The van der Waals surface area contributed by atoms with E-state index in [4.69, 9.17) is 0 Å². The van der Waals surface area contributed by atoms with Crippen LogP contribution in [0.4, 0.5) is 0 Å². The fraction of sp³-hybridized carbons (Fsp3) is 0.278. The molecule has 0 bridgehead atoms. The zero-order chi connectivity index (χ0) is 18.0. The van der Waals surface area contributed by atoms with Gasteiger partial charge in [0.25, 0.3) is 0 Å². The second-order valence-corrected chi connectivity index (χ2v) is 8.82. The Hall–Kier alpha value is -1.96. The lowest BCUT2D eigenvalue weighted by Crippen LogP contribution is -2.32. The average molecular weight is 376 g/mol. The topological polar surface area (TPSA) is 64.0 Å². The van der Waals surface area contributed by atoms with Gasteiger partial charge in [-0.1, -0.05) is 18.2 Å². The molecule has 0 saturated carbocycles. The summed E-state index contributed by atoms with van der Waals surface area (Å²) in [5.74, 6) is 0. The minimum atomic E-state index is -3.57. The van der Waals surface area contributed by atoms with Crippen molar-refractivity contribution >= 4 is 21.4 Å². The average Bonchev–Trinajstić information content (AvgIpc) is 3.18. The molecule has 0 saturated heterocycles. The van der Waals surface area contributed by atoms with Gasteiger partial charge in [-0.15, -0.1) is 11.3 Å². The third-order valence-electron chi connectivity index (χ3n) is 3.98. The molecule has 0 spiro atoms. The lowest BCUT2D eigenvalue weighted by molar-refractivity contribution is 0.499. The first-order valence-electron chi connectivity index (χ1n) is 7.99. The Kier molecular flexibility index (Phi) is 5.08. The number of nitrogens with one attached hydrogen (secondary N) is 1. The minimum Gasteiger partial charge on any atom is -0.260 e. The highest BCUT2D eigenvalue weighted by atomic mass is 32.2. The van der Waals surface area contributed by atoms with Gasteiger partial charge in [-0.3, -0.25) is 4.68 Å². The van der Waals surface area contributed by atoms with Gasteiger partial charge in [0.05, 0.1) is 16.6 Å². The third kappa shape index (κ3) is 4.00. The Labute approximate surface area is 152 Å². The molecule has 25 heavy (non-hydrogen) atoms. The largest absolute Gasteiger partial charge is 0.260 e. The second kappa shape index (κ2) is 7.11. The number of thiophene rings is 1. The number of aromatic nitrogens is 2. The first-order valence-corrected chi connectivity index (χ1v) is 10.4. The molecule has 0 aliphatic rings. The van der Waals surface area contributed by atoms with Crippen molar-refractivity contribution in [3.63, 3.8) is 0 Å². The van der Waals surface area contributed by atoms with E-state index in [-0.39, 0.29) is 17.5 Å². The molecule has 2 heterocycles. The highest BCUT2D eigenvalue weighted by molar-refractivity contribution is 7.89. The molecule has 3 aromatic rings. The summed E-state index contributed by atoms with van der Waals surface area (Å²) in [6, 6.07) is 12.7. The van der Waals surface area contributed by atoms with E-state index in [9.17, 15) is 8.42 Å². The first kappa shape index (κ1) is 17.8. The van der Waals surface area contributed by atoms with E-state index in [0.717, 1.165) is 21.8 Å². The van der Waals surface area contributed by atoms with E-state index >= 15 is 0 Å². The van der Waals surface area contributed by atoms with Crippen LogP contribution >= 0.6 is 11.3 Å². The highest BCUT2D eigenvalue weighted by Crippen LogP contribution is 2.24. The van der Waals surface area contributed by atoms with Crippen LogP contribution < -0.4 is 4.72 Å². The van der Waals surface area contributed by atoms with E-state index in [1.165, 1.54) is 0 Å². The standard InChI is InChI=1S/C18H21N3O2S2/c1-13-6-4-7-16(10-13)25(22,23)19-12-17(18-8-5-9-24-18)21-15(3)11-14(2)20-21/h4-11,17,19H,12H2,1-3H3. The summed E-state index contributed by atoms with van der Waals surface area (Å²) >= 11 is 1.60. The Morgan fingerprint density at radius 2 is 1.96 bits per heavy atom. The molecule has 7 heteroatoms. The van der Waals surface area contributed by atoms with E-state index in [1.807, 2.05) is 55.1 Å². The molecule has 0 radical (unpaired) electrons. The van der Waals surface area contributed by atoms with Crippen LogP contribution in [0, 0.1) is 20.8 Å². The summed E-state index contributed by atoms with van der Waals surface area (Å²) in [6.07, 6.45) is 0. The highest BCUT2D eigenvalue weighted by Gasteiger charge is 2.22. The molecule has 1 atom stereocenters. The van der Waals surface area contributed by atoms with Crippen LogP contribution in [-0.2, 0) is 10.0 Å². The van der Waals surface area contributed by atoms with Crippen LogP contribution in [0.5, 0.6) is 0 Å². The zero-order valence-electron chi connectivity index (χ0n) is 14.4. The Morgan fingerprint density at radius 1 is 1.16 bits per heavy atom. The maximum atomic E-state index is 12.6. The number of benzene rings is 1. The van der Waals surface area contributed by atoms with Gasteiger partial charge >= 0.3 is 0 Å². The van der Waals surface area contributed by atoms with Crippen molar-refractivity contribution in [1.29, 1.82) is 0 Å². The molecule has 0 aliphatic heterocycles. The molecule has 0 aliphatic carbocycles. The Balaban J connectivity index is 1.88. The third-order valence-corrected chi connectivity index (χ3v) is 6.37. The lowest BCUT2D eigenvalue weighted by Gasteiger charge is -2.19. The fourth-order valence-corrected chi connectivity index (χ4v) is 4.76. The number of hydrogen-bond donors (Lipinski definition) is 1. The minimum absolute atomic E-state index is 0.173. The quantitative estimate of drug-likeness (QED) is 0.718. The van der Waals surface area contributed by atoms with Crippen molar-refractivity contribution < 1.29 is 8.42 Å². The van der Waals surface area contributed by atoms with Gasteiger partial charge < -0.3 is 0 Å². The summed E-state index contributed by atoms with van der Waals surface area (Å²) < 4.78 is 29.9. The fourth-order valence-electron chi connectivity index (χ4n) is 2.80. The van der Waals surface area contributed by atoms with Crippen molar-refractivity contribution in [2.75, 3.05) is 6.54 Å². The van der Waals surface area contributed by atoms with Crippen LogP contribution in [-0.4, -0.2) is 24.7 Å². The van der Waals surface area contributed by atoms with E-state index in [0.29, 0.717) is 0 Å². The molecule has 0 fully saturated rings. The molecule has 2 aromatic heterocycles. The normalized spacial score (nSPS) is 13.1. The summed E-state index contributed by atoms with van der Waals surface area (Å²) in [7, 11) is -3.57. The molecule has 1 aromatic carbocycles. The van der Waals surface area contributed by atoms with Gasteiger partial charge in [-0.05, 0) is 56.0 Å². The molecule has 3 rings (SSSR count). The van der Waals surface area contributed by atoms with Crippen molar-refractivity contribution in [3.8, 4) is 0 Å². The molecule has 1 N–H and O–H groups in total. The van der Waals surface area contributed by atoms with Gasteiger partial charge in [0.15, 0.2) is 0 Å². The maximum Gasteiger partial charge on any atom is 0.240 e. The molecule has 0 amide bonds. The summed E-state index contributed by atoms with van der Waals surface area (Å²) in [6.45, 7) is 6.05. The predicted octanol–water partition coefficient (Wildman–Crippen LogP) is 3.44. The SMILES string of the molecule is Cc1cccc(S(=O)(=O)NCC(c2cccs2)n2nc(C)cc2C)c1. The second-order valence-electron chi connectivity index (χ2n) is 6.07. The molecule has 5 nitrogen and oxygen atoms in total. The van der Waals surface area contributed by atoms with Crippen molar-refractivity contribution in [1.82, 2.24) is 14.5 Å². The Bertz CT molecular complexity index is 960. The summed E-state index contributed by atoms with van der Waals surface area (Å²) in [5.41, 5.74) is 2.84. The maximum absolute atomic E-state index is 12.6. The van der Waals surface area contributed by atoms with Crippen molar-refractivity contribution in [2.24, 2.45) is 0 Å². The van der Waals surface area contributed by atoms with Crippen LogP contribution in [0.3, 0.4) is 0 Å². The summed E-state index contributed by atoms with van der Waals surface area (Å²) in [4.78, 5) is 1.35. The van der Waals surface area contributed by atoms with Gasteiger partial charge in [0, 0.05) is 17.1 Å².